The maximum Gasteiger partial charge on any atom is 0.483 e. The maximum atomic E-state index is 13.1. The zero-order valence-corrected chi connectivity index (χ0v) is 10.9. The molecule has 0 saturated carbocycles. The summed E-state index contributed by atoms with van der Waals surface area (Å²) in [6.45, 7) is 0. The highest BCUT2D eigenvalue weighted by Crippen LogP contribution is 2.41. The zero-order chi connectivity index (χ0) is 15.1. The molecule has 0 aliphatic rings. The quantitative estimate of drug-likeness (QED) is 0.672. The average molecular weight is 343 g/mol. The number of hydrogen-bond acceptors (Lipinski definition) is 3. The summed E-state index contributed by atoms with van der Waals surface area (Å²) in [6, 6.07) is 2.81. The molecule has 0 atom stereocenters. The second-order valence-corrected chi connectivity index (χ2v) is 5.49. The van der Waals surface area contributed by atoms with Gasteiger partial charge in [-0.25, -0.2) is 0 Å². The van der Waals surface area contributed by atoms with Crippen LogP contribution in [0.15, 0.2) is 18.2 Å². The number of halogens is 6. The van der Waals surface area contributed by atoms with Gasteiger partial charge in [0, 0.05) is 11.1 Å². The fourth-order valence-corrected chi connectivity index (χ4v) is 1.56. The fraction of sp³-hybridized carbons (Fsp3) is 0.250. The average Bonchev–Trinajstić information content (AvgIpc) is 2.21. The monoisotopic (exact) mass is 342 g/mol. The molecule has 11 heteroatoms. The molecule has 108 valence electrons. The van der Waals surface area contributed by atoms with E-state index >= 15 is 0 Å². The predicted molar refractivity (Wildman–Crippen MR) is 58.5 cm³/mol. The van der Waals surface area contributed by atoms with E-state index in [1.165, 1.54) is 0 Å². The van der Waals surface area contributed by atoms with Gasteiger partial charge in [-0.1, -0.05) is 23.2 Å². The van der Waals surface area contributed by atoms with Gasteiger partial charge in [-0.3, -0.25) is 4.55 Å². The molecule has 1 N–H and O–H groups in total. The minimum atomic E-state index is -6.39. The normalized spacial score (nSPS) is 13.4. The van der Waals surface area contributed by atoms with Crippen LogP contribution in [0.1, 0.15) is 0 Å². The molecule has 0 aliphatic heterocycles. The van der Waals surface area contributed by atoms with Gasteiger partial charge in [-0.2, -0.15) is 26.0 Å². The van der Waals surface area contributed by atoms with Gasteiger partial charge >= 0.3 is 21.5 Å². The van der Waals surface area contributed by atoms with E-state index in [1.54, 1.807) is 0 Å². The van der Waals surface area contributed by atoms with Crippen LogP contribution in [0.3, 0.4) is 0 Å². The number of benzene rings is 1. The molecule has 0 heterocycles. The third-order valence-corrected chi connectivity index (χ3v) is 3.23. The molecule has 1 aromatic rings. The Labute approximate surface area is 114 Å². The van der Waals surface area contributed by atoms with E-state index in [1.807, 2.05) is 0 Å². The van der Waals surface area contributed by atoms with Gasteiger partial charge in [0.05, 0.1) is 5.02 Å². The Balaban J connectivity index is 3.20. The Hall–Kier alpha value is -0.770. The summed E-state index contributed by atoms with van der Waals surface area (Å²) in [4.78, 5) is 0. The Morgan fingerprint density at radius 2 is 1.68 bits per heavy atom. The van der Waals surface area contributed by atoms with E-state index in [4.69, 9.17) is 27.8 Å². The van der Waals surface area contributed by atoms with Crippen LogP contribution in [0.4, 0.5) is 17.6 Å². The van der Waals surface area contributed by atoms with E-state index in [0.717, 1.165) is 12.1 Å². The standard InChI is InChI=1S/C8H4Cl2F4O4S/c9-4-1-2-5(10)6(3-4)18-7(11,12)8(13,14)19(15,16)17/h1-3H,(H,15,16,17). The molecular weight excluding hydrogens is 339 g/mol. The van der Waals surface area contributed by atoms with Crippen LogP contribution in [0, 0.1) is 0 Å². The Morgan fingerprint density at radius 1 is 1.16 bits per heavy atom. The van der Waals surface area contributed by atoms with Crippen molar-refractivity contribution >= 4 is 33.3 Å². The third kappa shape index (κ3) is 3.22. The van der Waals surface area contributed by atoms with Crippen molar-refractivity contribution < 1.29 is 35.3 Å². The van der Waals surface area contributed by atoms with Gasteiger partial charge in [0.15, 0.2) is 0 Å². The van der Waals surface area contributed by atoms with Crippen LogP contribution in [-0.4, -0.2) is 24.3 Å². The Bertz CT molecular complexity index is 590. The molecule has 0 amide bonds. The van der Waals surface area contributed by atoms with Crippen LogP contribution < -0.4 is 4.74 Å². The first-order valence-corrected chi connectivity index (χ1v) is 6.45. The molecule has 0 bridgehead atoms. The van der Waals surface area contributed by atoms with E-state index in [-0.39, 0.29) is 5.02 Å². The van der Waals surface area contributed by atoms with Crippen molar-refractivity contribution in [2.75, 3.05) is 0 Å². The highest BCUT2D eigenvalue weighted by atomic mass is 35.5. The van der Waals surface area contributed by atoms with Gasteiger partial charge in [0.2, 0.25) is 0 Å². The van der Waals surface area contributed by atoms with Gasteiger partial charge in [0.1, 0.15) is 5.75 Å². The first-order valence-electron chi connectivity index (χ1n) is 4.25. The van der Waals surface area contributed by atoms with E-state index in [0.29, 0.717) is 6.07 Å². The maximum absolute atomic E-state index is 13.1. The zero-order valence-electron chi connectivity index (χ0n) is 8.58. The molecule has 0 spiro atoms. The van der Waals surface area contributed by atoms with Crippen LogP contribution in [0.25, 0.3) is 0 Å². The first-order chi connectivity index (χ1) is 8.38. The molecule has 0 aliphatic carbocycles. The number of ether oxygens (including phenoxy) is 1. The Morgan fingerprint density at radius 3 is 2.16 bits per heavy atom. The Kier molecular flexibility index (Phi) is 4.26. The number of hydrogen-bond donors (Lipinski definition) is 1. The second kappa shape index (κ2) is 4.97. The molecule has 1 rings (SSSR count). The van der Waals surface area contributed by atoms with Crippen molar-refractivity contribution in [3.05, 3.63) is 28.2 Å². The lowest BCUT2D eigenvalue weighted by molar-refractivity contribution is -0.274. The van der Waals surface area contributed by atoms with Crippen molar-refractivity contribution in [1.29, 1.82) is 0 Å². The minimum Gasteiger partial charge on any atom is -0.425 e. The number of alkyl halides is 4. The van der Waals surface area contributed by atoms with Crippen LogP contribution in [0.5, 0.6) is 5.75 Å². The summed E-state index contributed by atoms with van der Waals surface area (Å²) in [5.41, 5.74) is 0. The molecule has 0 saturated heterocycles. The van der Waals surface area contributed by atoms with Crippen molar-refractivity contribution in [1.82, 2.24) is 0 Å². The van der Waals surface area contributed by atoms with Gasteiger partial charge in [-0.15, -0.1) is 0 Å². The highest BCUT2D eigenvalue weighted by molar-refractivity contribution is 7.86. The summed E-state index contributed by atoms with van der Waals surface area (Å²) in [6.07, 6.45) is -5.55. The van der Waals surface area contributed by atoms with E-state index < -0.39 is 32.3 Å². The minimum absolute atomic E-state index is 0.162. The molecule has 0 fully saturated rings. The molecule has 0 aromatic heterocycles. The fourth-order valence-electron chi connectivity index (χ4n) is 0.903. The molecule has 19 heavy (non-hydrogen) atoms. The largest absolute Gasteiger partial charge is 0.483 e. The number of rotatable bonds is 4. The summed E-state index contributed by atoms with van der Waals surface area (Å²) in [5.74, 6) is -0.970. The first kappa shape index (κ1) is 16.3. The van der Waals surface area contributed by atoms with Crippen LogP contribution >= 0.6 is 23.2 Å². The SMILES string of the molecule is O=S(=O)(O)C(F)(F)C(F)(F)Oc1cc(Cl)ccc1Cl. The molecule has 4 nitrogen and oxygen atoms in total. The third-order valence-electron chi connectivity index (χ3n) is 1.79. The highest BCUT2D eigenvalue weighted by Gasteiger charge is 2.69. The lowest BCUT2D eigenvalue weighted by atomic mass is 10.3. The lowest BCUT2D eigenvalue weighted by Gasteiger charge is -2.24. The molecular formula is C8H4Cl2F4O4S. The molecule has 1 aromatic carbocycles. The lowest BCUT2D eigenvalue weighted by Crippen LogP contribution is -2.50. The van der Waals surface area contributed by atoms with Crippen molar-refractivity contribution in [3.8, 4) is 5.75 Å². The van der Waals surface area contributed by atoms with Gasteiger partial charge < -0.3 is 4.74 Å². The van der Waals surface area contributed by atoms with Crippen molar-refractivity contribution in [3.63, 3.8) is 0 Å². The van der Waals surface area contributed by atoms with Gasteiger partial charge in [-0.05, 0) is 12.1 Å². The van der Waals surface area contributed by atoms with Crippen LogP contribution in [0.2, 0.25) is 10.0 Å². The summed E-state index contributed by atoms with van der Waals surface area (Å²) < 4.78 is 83.9. The van der Waals surface area contributed by atoms with E-state index in [2.05, 4.69) is 4.74 Å². The summed E-state index contributed by atoms with van der Waals surface area (Å²) >= 11 is 10.8. The van der Waals surface area contributed by atoms with Gasteiger partial charge in [0.25, 0.3) is 0 Å². The van der Waals surface area contributed by atoms with Crippen molar-refractivity contribution in [2.45, 2.75) is 11.4 Å². The smallest absolute Gasteiger partial charge is 0.425 e. The summed E-state index contributed by atoms with van der Waals surface area (Å²) in [5, 5.41) is -6.52. The summed E-state index contributed by atoms with van der Waals surface area (Å²) in [7, 11) is -6.39. The molecule has 0 radical (unpaired) electrons. The van der Waals surface area contributed by atoms with E-state index in [9.17, 15) is 26.0 Å². The van der Waals surface area contributed by atoms with Crippen molar-refractivity contribution in [2.24, 2.45) is 0 Å². The van der Waals surface area contributed by atoms with Crippen LogP contribution in [-0.2, 0) is 10.1 Å². The second-order valence-electron chi connectivity index (χ2n) is 3.19. The molecule has 0 unspecified atom stereocenters. The predicted octanol–water partition coefficient (Wildman–Crippen LogP) is 3.45. The topological polar surface area (TPSA) is 63.6 Å².